The van der Waals surface area contributed by atoms with Gasteiger partial charge in [-0.1, -0.05) is 46.4 Å². The van der Waals surface area contributed by atoms with Crippen LogP contribution in [0.25, 0.3) is 11.1 Å². The predicted octanol–water partition coefficient (Wildman–Crippen LogP) is 5.97. The van der Waals surface area contributed by atoms with Crippen molar-refractivity contribution < 1.29 is 0 Å². The molecule has 1 nitrogen and oxygen atoms in total. The molecule has 0 radical (unpaired) electrons. The highest BCUT2D eigenvalue weighted by atomic mass is 127. The fourth-order valence-corrected chi connectivity index (χ4v) is 2.67. The Kier molecular flexibility index (Phi) is 4.42. The van der Waals surface area contributed by atoms with Crippen LogP contribution in [0.1, 0.15) is 0 Å². The van der Waals surface area contributed by atoms with E-state index in [1.807, 2.05) is 6.07 Å². The van der Waals surface area contributed by atoms with E-state index in [0.717, 1.165) is 9.13 Å². The predicted molar refractivity (Wildman–Crippen MR) is 82.4 cm³/mol. The van der Waals surface area contributed by atoms with Crippen LogP contribution in [0, 0.1) is 3.57 Å². The molecule has 0 saturated carbocycles. The molecule has 2 rings (SSSR count). The summed E-state index contributed by atoms with van der Waals surface area (Å²) >= 11 is 26.2. The number of pyridine rings is 1. The molecule has 0 bridgehead atoms. The first-order chi connectivity index (χ1) is 8.00. The van der Waals surface area contributed by atoms with Crippen LogP contribution in [0.5, 0.6) is 0 Å². The lowest BCUT2D eigenvalue weighted by Gasteiger charge is -2.09. The molecule has 0 saturated heterocycles. The monoisotopic (exact) mass is 417 g/mol. The normalized spacial score (nSPS) is 10.6. The third-order valence-corrected chi connectivity index (χ3v) is 4.69. The molecule has 0 spiro atoms. The lowest BCUT2D eigenvalue weighted by atomic mass is 10.1. The maximum atomic E-state index is 6.15. The summed E-state index contributed by atoms with van der Waals surface area (Å²) in [6.45, 7) is 0. The van der Waals surface area contributed by atoms with Gasteiger partial charge in [0, 0.05) is 17.3 Å². The lowest BCUT2D eigenvalue weighted by Crippen LogP contribution is -1.87. The summed E-state index contributed by atoms with van der Waals surface area (Å²) in [6, 6.07) is 5.22. The zero-order valence-corrected chi connectivity index (χ0v) is 13.3. The molecule has 2 aromatic rings. The largest absolute Gasteiger partial charge is 0.243 e. The van der Waals surface area contributed by atoms with Crippen molar-refractivity contribution in [3.05, 3.63) is 48.2 Å². The molecule has 0 unspecified atom stereocenters. The van der Waals surface area contributed by atoms with Crippen molar-refractivity contribution in [1.82, 2.24) is 4.98 Å². The molecule has 17 heavy (non-hydrogen) atoms. The highest BCUT2D eigenvalue weighted by Gasteiger charge is 2.13. The van der Waals surface area contributed by atoms with E-state index in [1.165, 1.54) is 0 Å². The fourth-order valence-electron chi connectivity index (χ4n) is 1.35. The van der Waals surface area contributed by atoms with Gasteiger partial charge in [-0.25, -0.2) is 4.98 Å². The number of benzene rings is 1. The van der Waals surface area contributed by atoms with Crippen LogP contribution in [-0.2, 0) is 0 Å². The van der Waals surface area contributed by atoms with Gasteiger partial charge in [-0.05, 0) is 40.8 Å². The van der Waals surface area contributed by atoms with Crippen LogP contribution >= 0.6 is 69.0 Å². The Morgan fingerprint density at radius 2 is 1.65 bits per heavy atom. The average molecular weight is 419 g/mol. The number of hydrogen-bond acceptors (Lipinski definition) is 1. The Morgan fingerprint density at radius 1 is 1.00 bits per heavy atom. The van der Waals surface area contributed by atoms with Crippen molar-refractivity contribution in [2.75, 3.05) is 0 Å². The van der Waals surface area contributed by atoms with E-state index in [-0.39, 0.29) is 0 Å². The van der Waals surface area contributed by atoms with Gasteiger partial charge in [0.05, 0.1) is 18.6 Å². The van der Waals surface area contributed by atoms with Gasteiger partial charge in [0.2, 0.25) is 0 Å². The molecule has 1 aromatic carbocycles. The Morgan fingerprint density at radius 3 is 2.29 bits per heavy atom. The Labute approximate surface area is 132 Å². The fraction of sp³-hybridized carbons (Fsp3) is 0. The second kappa shape index (κ2) is 5.49. The zero-order valence-electron chi connectivity index (χ0n) is 8.15. The number of hydrogen-bond donors (Lipinski definition) is 0. The molecule has 1 heterocycles. The van der Waals surface area contributed by atoms with Crippen molar-refractivity contribution in [3.63, 3.8) is 0 Å². The van der Waals surface area contributed by atoms with E-state index in [2.05, 4.69) is 27.6 Å². The van der Waals surface area contributed by atoms with E-state index in [9.17, 15) is 0 Å². The van der Waals surface area contributed by atoms with E-state index in [1.54, 1.807) is 18.3 Å². The van der Waals surface area contributed by atoms with Crippen molar-refractivity contribution in [2.24, 2.45) is 0 Å². The van der Waals surface area contributed by atoms with E-state index < -0.39 is 0 Å². The molecule has 0 aliphatic heterocycles. The smallest absolute Gasteiger partial charge is 0.142 e. The van der Waals surface area contributed by atoms with E-state index in [4.69, 9.17) is 46.4 Å². The summed E-state index contributed by atoms with van der Waals surface area (Å²) in [7, 11) is 0. The third-order valence-electron chi connectivity index (χ3n) is 2.13. The number of halogens is 5. The van der Waals surface area contributed by atoms with Crippen LogP contribution in [0.2, 0.25) is 20.2 Å². The summed E-state index contributed by atoms with van der Waals surface area (Å²) in [6.07, 6.45) is 1.62. The molecule has 0 N–H and O–H groups in total. The molecule has 0 aliphatic rings. The molecule has 0 fully saturated rings. The first-order valence-electron chi connectivity index (χ1n) is 4.45. The van der Waals surface area contributed by atoms with E-state index >= 15 is 0 Å². The highest BCUT2D eigenvalue weighted by molar-refractivity contribution is 14.1. The second-order valence-electron chi connectivity index (χ2n) is 3.21. The standard InChI is InChI=1S/C11H4Cl4IN/c12-6-1-2-7(13)10(14)9(6)5-3-8(16)11(15)17-4-5/h1-4H. The molecule has 0 aliphatic carbocycles. The topological polar surface area (TPSA) is 12.9 Å². The molecular weight excluding hydrogens is 415 g/mol. The van der Waals surface area contributed by atoms with Crippen LogP contribution < -0.4 is 0 Å². The molecule has 88 valence electrons. The lowest BCUT2D eigenvalue weighted by molar-refractivity contribution is 1.31. The molecule has 1 aromatic heterocycles. The first kappa shape index (κ1) is 13.7. The molecule has 0 atom stereocenters. The molecule has 0 amide bonds. The number of rotatable bonds is 1. The van der Waals surface area contributed by atoms with Gasteiger partial charge in [0.15, 0.2) is 0 Å². The Balaban J connectivity index is 2.68. The maximum Gasteiger partial charge on any atom is 0.142 e. The quantitative estimate of drug-likeness (QED) is 0.316. The van der Waals surface area contributed by atoms with Crippen molar-refractivity contribution in [1.29, 1.82) is 0 Å². The number of aromatic nitrogens is 1. The Bertz CT molecular complexity index is 586. The minimum absolute atomic E-state index is 0.416. The first-order valence-corrected chi connectivity index (χ1v) is 7.04. The van der Waals surface area contributed by atoms with Gasteiger partial charge in [-0.2, -0.15) is 0 Å². The summed E-state index contributed by atoms with van der Waals surface area (Å²) < 4.78 is 0.828. The van der Waals surface area contributed by atoms with Crippen molar-refractivity contribution >= 4 is 69.0 Å². The molecule has 6 heteroatoms. The maximum absolute atomic E-state index is 6.15. The SMILES string of the molecule is Clc1ccc(Cl)c(-c2cnc(Cl)c(I)c2)c1Cl. The van der Waals surface area contributed by atoms with E-state index in [0.29, 0.717) is 25.8 Å². The summed E-state index contributed by atoms with van der Waals surface area (Å²) in [5.74, 6) is 0. The van der Waals surface area contributed by atoms with Crippen molar-refractivity contribution in [2.45, 2.75) is 0 Å². The number of nitrogens with zero attached hydrogens (tertiary/aromatic N) is 1. The minimum atomic E-state index is 0.416. The van der Waals surface area contributed by atoms with Crippen LogP contribution in [0.3, 0.4) is 0 Å². The van der Waals surface area contributed by atoms with Gasteiger partial charge in [-0.3, -0.25) is 0 Å². The summed E-state index contributed by atoms with van der Waals surface area (Å²) in [5, 5.41) is 1.85. The minimum Gasteiger partial charge on any atom is -0.243 e. The third kappa shape index (κ3) is 2.82. The van der Waals surface area contributed by atoms with Gasteiger partial charge >= 0.3 is 0 Å². The van der Waals surface area contributed by atoms with Gasteiger partial charge in [0.1, 0.15) is 5.15 Å². The summed E-state index contributed by atoms with van der Waals surface area (Å²) in [4.78, 5) is 4.06. The second-order valence-corrected chi connectivity index (χ2v) is 5.93. The van der Waals surface area contributed by atoms with Gasteiger partial charge in [0.25, 0.3) is 0 Å². The summed E-state index contributed by atoms with van der Waals surface area (Å²) in [5.41, 5.74) is 1.46. The molecular formula is C11H4Cl4IN. The highest BCUT2D eigenvalue weighted by Crippen LogP contribution is 2.39. The average Bonchev–Trinajstić information content (AvgIpc) is 2.29. The van der Waals surface area contributed by atoms with Crippen LogP contribution in [0.4, 0.5) is 0 Å². The van der Waals surface area contributed by atoms with Crippen molar-refractivity contribution in [3.8, 4) is 11.1 Å². The van der Waals surface area contributed by atoms with Crippen LogP contribution in [-0.4, -0.2) is 4.98 Å². The van der Waals surface area contributed by atoms with Gasteiger partial charge in [-0.15, -0.1) is 0 Å². The zero-order chi connectivity index (χ0) is 12.6. The van der Waals surface area contributed by atoms with Gasteiger partial charge < -0.3 is 0 Å². The Hall–Kier alpha value is 0.260. The van der Waals surface area contributed by atoms with Crippen LogP contribution in [0.15, 0.2) is 24.4 Å².